The van der Waals surface area contributed by atoms with E-state index in [0.717, 1.165) is 0 Å². The van der Waals surface area contributed by atoms with E-state index in [4.69, 9.17) is 14.2 Å². The standard InChI is InChI=1S/C11H17NO7/c1-5(13)12-9-8(4-17-6(2)14)19-11(16)10(9)18-7(3)15/h8-11,16H,4H2,1-3H3,(H,12,13)/t8-,9-,10-,11-/m1/s1. The molecule has 0 spiro atoms. The molecular weight excluding hydrogens is 258 g/mol. The van der Waals surface area contributed by atoms with Crippen molar-refractivity contribution in [3.63, 3.8) is 0 Å². The van der Waals surface area contributed by atoms with E-state index in [1.165, 1.54) is 20.8 Å². The molecule has 0 saturated carbocycles. The third-order valence-electron chi connectivity index (χ3n) is 2.47. The number of carbonyl (C=O) groups is 3. The van der Waals surface area contributed by atoms with E-state index in [-0.39, 0.29) is 12.5 Å². The second-order valence-electron chi connectivity index (χ2n) is 4.17. The Labute approximate surface area is 110 Å². The molecule has 1 aliphatic heterocycles. The van der Waals surface area contributed by atoms with E-state index in [1.54, 1.807) is 0 Å². The van der Waals surface area contributed by atoms with Gasteiger partial charge in [-0.1, -0.05) is 0 Å². The van der Waals surface area contributed by atoms with Crippen LogP contribution in [0.25, 0.3) is 0 Å². The maximum atomic E-state index is 11.1. The van der Waals surface area contributed by atoms with E-state index in [2.05, 4.69) is 5.32 Å². The van der Waals surface area contributed by atoms with Crippen molar-refractivity contribution in [1.82, 2.24) is 5.32 Å². The van der Waals surface area contributed by atoms with Gasteiger partial charge in [-0.15, -0.1) is 0 Å². The Morgan fingerprint density at radius 1 is 1.21 bits per heavy atom. The zero-order chi connectivity index (χ0) is 14.6. The SMILES string of the molecule is CC(=O)N[C@H]1[C@@H](OC(C)=O)[C@H](O)O[C@@H]1COC(C)=O. The fraction of sp³-hybridized carbons (Fsp3) is 0.727. The van der Waals surface area contributed by atoms with Crippen LogP contribution >= 0.6 is 0 Å². The first kappa shape index (κ1) is 15.4. The highest BCUT2D eigenvalue weighted by Gasteiger charge is 2.47. The molecule has 0 unspecified atom stereocenters. The summed E-state index contributed by atoms with van der Waals surface area (Å²) in [5, 5.41) is 12.2. The van der Waals surface area contributed by atoms with Gasteiger partial charge in [0, 0.05) is 20.8 Å². The van der Waals surface area contributed by atoms with Gasteiger partial charge in [0.1, 0.15) is 18.8 Å². The number of esters is 2. The molecule has 0 aromatic heterocycles. The molecule has 1 heterocycles. The van der Waals surface area contributed by atoms with Gasteiger partial charge in [-0.2, -0.15) is 0 Å². The summed E-state index contributed by atoms with van der Waals surface area (Å²) in [6.45, 7) is 3.52. The lowest BCUT2D eigenvalue weighted by atomic mass is 10.1. The molecule has 1 rings (SSSR count). The largest absolute Gasteiger partial charge is 0.463 e. The molecule has 0 radical (unpaired) electrons. The number of aliphatic hydroxyl groups is 1. The van der Waals surface area contributed by atoms with Crippen molar-refractivity contribution in [1.29, 1.82) is 0 Å². The lowest BCUT2D eigenvalue weighted by Crippen LogP contribution is -2.49. The van der Waals surface area contributed by atoms with Crippen molar-refractivity contribution in [2.75, 3.05) is 6.61 Å². The molecule has 1 aliphatic rings. The second kappa shape index (κ2) is 6.48. The van der Waals surface area contributed by atoms with Crippen LogP contribution in [0.1, 0.15) is 20.8 Å². The minimum atomic E-state index is -1.39. The van der Waals surface area contributed by atoms with Crippen LogP contribution in [0.3, 0.4) is 0 Å². The zero-order valence-corrected chi connectivity index (χ0v) is 10.9. The molecule has 1 fully saturated rings. The van der Waals surface area contributed by atoms with Crippen molar-refractivity contribution in [2.45, 2.75) is 45.3 Å². The number of amides is 1. The summed E-state index contributed by atoms with van der Waals surface area (Å²) in [5.41, 5.74) is 0. The molecule has 1 amide bonds. The van der Waals surface area contributed by atoms with Gasteiger partial charge in [-0.05, 0) is 0 Å². The zero-order valence-electron chi connectivity index (χ0n) is 10.9. The Balaban J connectivity index is 2.76. The van der Waals surface area contributed by atoms with Crippen molar-refractivity contribution in [2.24, 2.45) is 0 Å². The second-order valence-corrected chi connectivity index (χ2v) is 4.17. The Hall–Kier alpha value is -1.67. The van der Waals surface area contributed by atoms with Crippen LogP contribution in [0.5, 0.6) is 0 Å². The minimum absolute atomic E-state index is 0.158. The van der Waals surface area contributed by atoms with Gasteiger partial charge in [-0.3, -0.25) is 14.4 Å². The van der Waals surface area contributed by atoms with Crippen LogP contribution in [0.15, 0.2) is 0 Å². The molecule has 1 saturated heterocycles. The first-order valence-electron chi connectivity index (χ1n) is 5.72. The van der Waals surface area contributed by atoms with Crippen LogP contribution in [-0.4, -0.2) is 54.1 Å². The van der Waals surface area contributed by atoms with Gasteiger partial charge in [0.05, 0.1) is 0 Å². The number of rotatable bonds is 4. The summed E-state index contributed by atoms with van der Waals surface area (Å²) in [5.74, 6) is -1.51. The number of aliphatic hydroxyl groups excluding tert-OH is 1. The lowest BCUT2D eigenvalue weighted by Gasteiger charge is -2.22. The van der Waals surface area contributed by atoms with Crippen LogP contribution < -0.4 is 5.32 Å². The summed E-state index contributed by atoms with van der Waals surface area (Å²) in [4.78, 5) is 32.8. The van der Waals surface area contributed by atoms with Crippen molar-refractivity contribution in [3.05, 3.63) is 0 Å². The molecule has 2 N–H and O–H groups in total. The lowest BCUT2D eigenvalue weighted by molar-refractivity contribution is -0.171. The van der Waals surface area contributed by atoms with Crippen molar-refractivity contribution < 1.29 is 33.7 Å². The number of hydrogen-bond donors (Lipinski definition) is 2. The molecule has 8 nitrogen and oxygen atoms in total. The molecule has 4 atom stereocenters. The van der Waals surface area contributed by atoms with E-state index in [1.807, 2.05) is 0 Å². The average molecular weight is 275 g/mol. The van der Waals surface area contributed by atoms with E-state index in [0.29, 0.717) is 0 Å². The van der Waals surface area contributed by atoms with Crippen LogP contribution in [0, 0.1) is 0 Å². The van der Waals surface area contributed by atoms with Gasteiger partial charge in [-0.25, -0.2) is 0 Å². The summed E-state index contributed by atoms with van der Waals surface area (Å²) in [6.07, 6.45) is -3.21. The van der Waals surface area contributed by atoms with Gasteiger partial charge in [0.2, 0.25) is 5.91 Å². The normalized spacial score (nSPS) is 29.7. The molecule has 0 aromatic rings. The summed E-state index contributed by atoms with van der Waals surface area (Å²) < 4.78 is 14.8. The Morgan fingerprint density at radius 3 is 2.32 bits per heavy atom. The average Bonchev–Trinajstić information content (AvgIpc) is 2.53. The third-order valence-corrected chi connectivity index (χ3v) is 2.47. The molecule has 19 heavy (non-hydrogen) atoms. The highest BCUT2D eigenvalue weighted by molar-refractivity contribution is 5.73. The molecular formula is C11H17NO7. The smallest absolute Gasteiger partial charge is 0.303 e. The number of nitrogens with one attached hydrogen (secondary N) is 1. The topological polar surface area (TPSA) is 111 Å². The first-order valence-corrected chi connectivity index (χ1v) is 5.72. The van der Waals surface area contributed by atoms with Gasteiger partial charge < -0.3 is 24.6 Å². The van der Waals surface area contributed by atoms with Crippen LogP contribution in [-0.2, 0) is 28.6 Å². The fourth-order valence-electron chi connectivity index (χ4n) is 1.81. The van der Waals surface area contributed by atoms with Gasteiger partial charge >= 0.3 is 11.9 Å². The van der Waals surface area contributed by atoms with Crippen molar-refractivity contribution in [3.8, 4) is 0 Å². The Kier molecular flexibility index (Phi) is 5.25. The van der Waals surface area contributed by atoms with E-state index < -0.39 is 36.5 Å². The van der Waals surface area contributed by atoms with Crippen LogP contribution in [0.2, 0.25) is 0 Å². The van der Waals surface area contributed by atoms with Gasteiger partial charge in [0.15, 0.2) is 12.4 Å². The first-order chi connectivity index (χ1) is 8.81. The monoisotopic (exact) mass is 275 g/mol. The Morgan fingerprint density at radius 2 is 1.84 bits per heavy atom. The summed E-state index contributed by atoms with van der Waals surface area (Å²) in [7, 11) is 0. The number of ether oxygens (including phenoxy) is 3. The maximum absolute atomic E-state index is 11.1. The quantitative estimate of drug-likeness (QED) is 0.613. The fourth-order valence-corrected chi connectivity index (χ4v) is 1.81. The molecule has 0 aromatic carbocycles. The molecule has 108 valence electrons. The van der Waals surface area contributed by atoms with E-state index in [9.17, 15) is 19.5 Å². The predicted molar refractivity (Wildman–Crippen MR) is 60.7 cm³/mol. The summed E-state index contributed by atoms with van der Waals surface area (Å²) >= 11 is 0. The minimum Gasteiger partial charge on any atom is -0.463 e. The number of carbonyl (C=O) groups excluding carboxylic acids is 3. The molecule has 0 aliphatic carbocycles. The summed E-state index contributed by atoms with van der Waals surface area (Å²) in [6, 6.07) is -0.782. The van der Waals surface area contributed by atoms with Gasteiger partial charge in [0.25, 0.3) is 0 Å². The maximum Gasteiger partial charge on any atom is 0.303 e. The van der Waals surface area contributed by atoms with Crippen LogP contribution in [0.4, 0.5) is 0 Å². The molecule has 0 bridgehead atoms. The highest BCUT2D eigenvalue weighted by atomic mass is 16.7. The predicted octanol–water partition coefficient (Wildman–Crippen LogP) is -1.30. The Bertz CT molecular complexity index is 370. The molecule has 8 heteroatoms. The van der Waals surface area contributed by atoms with Crippen molar-refractivity contribution >= 4 is 17.8 Å². The van der Waals surface area contributed by atoms with E-state index >= 15 is 0 Å². The highest BCUT2D eigenvalue weighted by Crippen LogP contribution is 2.23. The third kappa shape index (κ3) is 4.49. The number of hydrogen-bond acceptors (Lipinski definition) is 7.